The van der Waals surface area contributed by atoms with Crippen LogP contribution in [0.4, 0.5) is 16.2 Å². The summed E-state index contributed by atoms with van der Waals surface area (Å²) in [4.78, 5) is 25.8. The highest BCUT2D eigenvalue weighted by atomic mass is 32.2. The van der Waals surface area contributed by atoms with Gasteiger partial charge in [0.25, 0.3) is 0 Å². The molecule has 9 heteroatoms. The van der Waals surface area contributed by atoms with Gasteiger partial charge in [-0.2, -0.15) is 0 Å². The van der Waals surface area contributed by atoms with Gasteiger partial charge in [-0.1, -0.05) is 30.3 Å². The maximum Gasteiger partial charge on any atom is 0.317 e. The van der Waals surface area contributed by atoms with E-state index in [9.17, 15) is 18.0 Å². The molecule has 2 aromatic carbocycles. The summed E-state index contributed by atoms with van der Waals surface area (Å²) < 4.78 is 25.3. The number of anilines is 2. The van der Waals surface area contributed by atoms with Crippen molar-refractivity contribution in [3.05, 3.63) is 60.2 Å². The van der Waals surface area contributed by atoms with Crippen LogP contribution in [0.5, 0.6) is 0 Å². The molecule has 0 radical (unpaired) electrons. The molecule has 1 saturated heterocycles. The first kappa shape index (κ1) is 21.6. The van der Waals surface area contributed by atoms with Crippen LogP contribution in [0, 0.1) is 0 Å². The lowest BCUT2D eigenvalue weighted by atomic mass is 10.2. The Morgan fingerprint density at radius 2 is 1.77 bits per heavy atom. The van der Waals surface area contributed by atoms with E-state index in [1.54, 1.807) is 36.2 Å². The second-order valence-corrected chi connectivity index (χ2v) is 9.17. The highest BCUT2D eigenvalue weighted by Gasteiger charge is 2.28. The molecule has 0 aliphatic carbocycles. The molecular formula is C21H26N4O4S. The first-order valence-corrected chi connectivity index (χ1v) is 11.4. The van der Waals surface area contributed by atoms with Gasteiger partial charge in [-0.15, -0.1) is 0 Å². The molecule has 2 N–H and O–H groups in total. The van der Waals surface area contributed by atoms with Gasteiger partial charge >= 0.3 is 6.03 Å². The molecule has 160 valence electrons. The average Bonchev–Trinajstić information content (AvgIpc) is 3.08. The van der Waals surface area contributed by atoms with Crippen LogP contribution in [0.2, 0.25) is 0 Å². The van der Waals surface area contributed by atoms with Gasteiger partial charge in [0.2, 0.25) is 15.9 Å². The Labute approximate surface area is 176 Å². The minimum atomic E-state index is -3.22. The number of carbonyl (C=O) groups excluding carboxylic acids is 2. The monoisotopic (exact) mass is 430 g/mol. The smallest absolute Gasteiger partial charge is 0.317 e. The molecule has 0 unspecified atom stereocenters. The number of amides is 3. The van der Waals surface area contributed by atoms with Gasteiger partial charge in [-0.05, 0) is 36.2 Å². The van der Waals surface area contributed by atoms with E-state index in [1.807, 2.05) is 30.3 Å². The molecule has 3 rings (SSSR count). The van der Waals surface area contributed by atoms with Crippen molar-refractivity contribution in [2.75, 3.05) is 35.5 Å². The maximum atomic E-state index is 12.1. The number of carbonyl (C=O) groups is 2. The molecule has 0 aromatic heterocycles. The summed E-state index contributed by atoms with van der Waals surface area (Å²) in [5.41, 5.74) is 2.20. The van der Waals surface area contributed by atoms with Crippen LogP contribution in [0.25, 0.3) is 0 Å². The van der Waals surface area contributed by atoms with Crippen LogP contribution < -0.4 is 14.9 Å². The molecule has 1 aliphatic heterocycles. The molecule has 1 heterocycles. The molecule has 0 bridgehead atoms. The Balaban J connectivity index is 1.42. The molecule has 0 saturated carbocycles. The number of urea groups is 1. The topological polar surface area (TPSA) is 98.8 Å². The Morgan fingerprint density at radius 3 is 2.40 bits per heavy atom. The van der Waals surface area contributed by atoms with Crippen LogP contribution in [-0.2, 0) is 21.4 Å². The summed E-state index contributed by atoms with van der Waals surface area (Å²) in [5.74, 6) is -0.0693. The molecule has 0 atom stereocenters. The Bertz CT molecular complexity index is 978. The van der Waals surface area contributed by atoms with Gasteiger partial charge < -0.3 is 15.5 Å². The largest absolute Gasteiger partial charge is 0.337 e. The highest BCUT2D eigenvalue weighted by Crippen LogP contribution is 2.25. The third-order valence-electron chi connectivity index (χ3n) is 4.78. The van der Waals surface area contributed by atoms with E-state index < -0.39 is 10.0 Å². The van der Waals surface area contributed by atoms with Crippen LogP contribution in [0.1, 0.15) is 18.4 Å². The highest BCUT2D eigenvalue weighted by molar-refractivity contribution is 7.93. The number of hydrogen-bond acceptors (Lipinski definition) is 4. The molecule has 0 spiro atoms. The van der Waals surface area contributed by atoms with E-state index in [0.29, 0.717) is 30.9 Å². The minimum absolute atomic E-state index is 0.132. The summed E-state index contributed by atoms with van der Waals surface area (Å²) in [5, 5.41) is 5.48. The first-order chi connectivity index (χ1) is 14.3. The van der Waals surface area contributed by atoms with Crippen LogP contribution >= 0.6 is 0 Å². The average molecular weight is 431 g/mol. The molecule has 30 heavy (non-hydrogen) atoms. The van der Waals surface area contributed by atoms with Gasteiger partial charge in [-0.3, -0.25) is 9.10 Å². The number of rotatable bonds is 7. The molecule has 2 aromatic rings. The predicted octanol–water partition coefficient (Wildman–Crippen LogP) is 2.40. The van der Waals surface area contributed by atoms with E-state index in [-0.39, 0.29) is 30.7 Å². The van der Waals surface area contributed by atoms with Crippen molar-refractivity contribution in [3.8, 4) is 0 Å². The third kappa shape index (κ3) is 5.73. The predicted molar refractivity (Wildman–Crippen MR) is 117 cm³/mol. The summed E-state index contributed by atoms with van der Waals surface area (Å²) >= 11 is 0. The summed E-state index contributed by atoms with van der Waals surface area (Å²) in [6.45, 7) is 1.18. The quantitative estimate of drug-likeness (QED) is 0.705. The Hall–Kier alpha value is -3.07. The molecule has 8 nitrogen and oxygen atoms in total. The third-order valence-corrected chi connectivity index (χ3v) is 6.65. The fourth-order valence-corrected chi connectivity index (χ4v) is 4.78. The molecular weight excluding hydrogens is 404 g/mol. The van der Waals surface area contributed by atoms with Gasteiger partial charge in [-0.25, -0.2) is 13.2 Å². The fourth-order valence-electron chi connectivity index (χ4n) is 3.21. The Morgan fingerprint density at radius 1 is 1.07 bits per heavy atom. The van der Waals surface area contributed by atoms with Gasteiger partial charge in [0.05, 0.1) is 11.4 Å². The van der Waals surface area contributed by atoms with Crippen molar-refractivity contribution < 1.29 is 18.0 Å². The normalized spacial score (nSPS) is 14.9. The molecule has 3 amide bonds. The summed E-state index contributed by atoms with van der Waals surface area (Å²) in [6, 6.07) is 16.1. The fraction of sp³-hybridized carbons (Fsp3) is 0.333. The second kappa shape index (κ2) is 9.62. The van der Waals surface area contributed by atoms with E-state index >= 15 is 0 Å². The zero-order chi connectivity index (χ0) is 21.6. The number of nitrogens with zero attached hydrogens (tertiary/aromatic N) is 2. The van der Waals surface area contributed by atoms with E-state index in [4.69, 9.17) is 0 Å². The minimum Gasteiger partial charge on any atom is -0.337 e. The van der Waals surface area contributed by atoms with Gasteiger partial charge in [0.1, 0.15) is 0 Å². The van der Waals surface area contributed by atoms with Crippen molar-refractivity contribution in [3.63, 3.8) is 0 Å². The number of hydrogen-bond donors (Lipinski definition) is 2. The van der Waals surface area contributed by atoms with Crippen LogP contribution in [0.15, 0.2) is 54.6 Å². The maximum absolute atomic E-state index is 12.1. The SMILES string of the molecule is CN(Cc1ccccc1)C(=O)NCCC(=O)Nc1ccc(N2CCCS2(=O)=O)cc1. The molecule has 1 aliphatic rings. The van der Waals surface area contributed by atoms with E-state index in [1.165, 1.54) is 4.31 Å². The summed E-state index contributed by atoms with van der Waals surface area (Å²) in [7, 11) is -1.52. The zero-order valence-corrected chi connectivity index (χ0v) is 17.7. The number of nitrogens with one attached hydrogen (secondary N) is 2. The van der Waals surface area contributed by atoms with Crippen LogP contribution in [0.3, 0.4) is 0 Å². The summed E-state index contributed by atoms with van der Waals surface area (Å²) in [6.07, 6.45) is 0.750. The molecule has 1 fully saturated rings. The van der Waals surface area contributed by atoms with Crippen molar-refractivity contribution in [2.24, 2.45) is 0 Å². The number of sulfonamides is 1. The van der Waals surface area contributed by atoms with Crippen LogP contribution in [-0.4, -0.2) is 51.1 Å². The van der Waals surface area contributed by atoms with Gasteiger partial charge in [0.15, 0.2) is 0 Å². The van der Waals surface area contributed by atoms with Crippen molar-refractivity contribution in [1.82, 2.24) is 10.2 Å². The standard InChI is InChI=1S/C21H26N4O4S/c1-24(16-17-6-3-2-4-7-17)21(27)22-13-12-20(26)23-18-8-10-19(11-9-18)25-14-5-15-30(25,28)29/h2-4,6-11H,5,12-16H2,1H3,(H,22,27)(H,23,26). The van der Waals surface area contributed by atoms with Crippen molar-refractivity contribution >= 4 is 33.3 Å². The first-order valence-electron chi connectivity index (χ1n) is 9.78. The van der Waals surface area contributed by atoms with Crippen molar-refractivity contribution in [1.29, 1.82) is 0 Å². The zero-order valence-electron chi connectivity index (χ0n) is 16.9. The lowest BCUT2D eigenvalue weighted by Crippen LogP contribution is -2.38. The Kier molecular flexibility index (Phi) is 6.94. The lowest BCUT2D eigenvalue weighted by Gasteiger charge is -2.18. The lowest BCUT2D eigenvalue weighted by molar-refractivity contribution is -0.116. The second-order valence-electron chi connectivity index (χ2n) is 7.16. The van der Waals surface area contributed by atoms with E-state index in [0.717, 1.165) is 5.56 Å². The van der Waals surface area contributed by atoms with Gasteiger partial charge in [0, 0.05) is 38.8 Å². The number of benzene rings is 2. The van der Waals surface area contributed by atoms with Crippen molar-refractivity contribution in [2.45, 2.75) is 19.4 Å². The van der Waals surface area contributed by atoms with E-state index in [2.05, 4.69) is 10.6 Å².